The molecule has 5 rings (SSSR count). The number of halogens is 5. The predicted octanol–water partition coefficient (Wildman–Crippen LogP) is 3.50. The van der Waals surface area contributed by atoms with Crippen LogP contribution in [0.4, 0.5) is 17.6 Å². The number of imidazole rings is 1. The average Bonchev–Trinajstić information content (AvgIpc) is 3.45. The van der Waals surface area contributed by atoms with Gasteiger partial charge in [0.25, 0.3) is 11.8 Å². The highest BCUT2D eigenvalue weighted by Crippen LogP contribution is 2.29. The van der Waals surface area contributed by atoms with Gasteiger partial charge >= 0.3 is 6.18 Å². The molecular weight excluding hydrogens is 550 g/mol. The lowest BCUT2D eigenvalue weighted by molar-refractivity contribution is -0.138. The van der Waals surface area contributed by atoms with Crippen molar-refractivity contribution < 1.29 is 27.2 Å². The molecule has 0 fully saturated rings. The number of hydrogen-bond donors (Lipinski definition) is 2. The van der Waals surface area contributed by atoms with Gasteiger partial charge in [-0.3, -0.25) is 24.1 Å². The van der Waals surface area contributed by atoms with Crippen LogP contribution in [0.2, 0.25) is 0 Å². The van der Waals surface area contributed by atoms with Gasteiger partial charge < -0.3 is 10.2 Å². The number of carbonyl (C=O) groups excluding carboxylic acids is 2. The van der Waals surface area contributed by atoms with Gasteiger partial charge in [0.05, 0.1) is 30.5 Å². The molecule has 4 aromatic rings. The summed E-state index contributed by atoms with van der Waals surface area (Å²) in [6.07, 6.45) is -0.586. The minimum absolute atomic E-state index is 0.00991. The molecule has 0 radical (unpaired) electrons. The molecule has 0 aromatic carbocycles. The topological polar surface area (TPSA) is 108 Å². The number of nitrogens with zero attached hydrogens (tertiary/aromatic N) is 5. The van der Waals surface area contributed by atoms with Crippen molar-refractivity contribution in [2.24, 2.45) is 0 Å². The van der Waals surface area contributed by atoms with E-state index in [1.54, 1.807) is 21.6 Å². The molecule has 2 amide bonds. The summed E-state index contributed by atoms with van der Waals surface area (Å²) in [6.45, 7) is 0.0440. The van der Waals surface area contributed by atoms with E-state index in [-0.39, 0.29) is 23.8 Å². The molecule has 0 atom stereocenters. The molecule has 2 N–H and O–H groups in total. The summed E-state index contributed by atoms with van der Waals surface area (Å²) in [6, 6.07) is 3.90. The summed E-state index contributed by atoms with van der Waals surface area (Å²) >= 11 is 3.38. The van der Waals surface area contributed by atoms with E-state index in [9.17, 15) is 27.2 Å². The normalized spacial score (nSPS) is 13.6. The van der Waals surface area contributed by atoms with Gasteiger partial charge in [-0.1, -0.05) is 0 Å². The van der Waals surface area contributed by atoms with Gasteiger partial charge in [-0.05, 0) is 34.1 Å². The van der Waals surface area contributed by atoms with Crippen LogP contribution < -0.4 is 5.32 Å². The molecule has 14 heteroatoms. The molecular formula is C22H16BrF4N7O2. The average molecular weight is 566 g/mol. The number of fused-ring (bicyclic) bond motifs is 2. The van der Waals surface area contributed by atoms with E-state index >= 15 is 0 Å². The second-order valence-electron chi connectivity index (χ2n) is 8.06. The van der Waals surface area contributed by atoms with Gasteiger partial charge in [-0.2, -0.15) is 18.3 Å². The molecule has 0 bridgehead atoms. The molecule has 0 spiro atoms. The summed E-state index contributed by atoms with van der Waals surface area (Å²) in [4.78, 5) is 35.3. The summed E-state index contributed by atoms with van der Waals surface area (Å²) in [5, 5.41) is 9.24. The zero-order valence-electron chi connectivity index (χ0n) is 18.2. The minimum atomic E-state index is -4.73. The number of rotatable bonds is 4. The van der Waals surface area contributed by atoms with Crippen LogP contribution in [0.1, 0.15) is 43.5 Å². The smallest absolute Gasteiger partial charge is 0.345 e. The van der Waals surface area contributed by atoms with E-state index in [0.29, 0.717) is 47.8 Å². The number of carbonyl (C=O) groups is 2. The van der Waals surface area contributed by atoms with Crippen LogP contribution in [0, 0.1) is 5.82 Å². The molecule has 0 unspecified atom stereocenters. The summed E-state index contributed by atoms with van der Waals surface area (Å²) in [5.74, 6) is -2.15. The number of amides is 2. The maximum absolute atomic E-state index is 14.1. The Labute approximate surface area is 208 Å². The van der Waals surface area contributed by atoms with E-state index in [1.165, 1.54) is 6.20 Å². The number of pyridine rings is 2. The fourth-order valence-corrected chi connectivity index (χ4v) is 4.27. The van der Waals surface area contributed by atoms with Crippen molar-refractivity contribution >= 4 is 33.4 Å². The van der Waals surface area contributed by atoms with Gasteiger partial charge in [0.1, 0.15) is 17.2 Å². The number of nitrogens with one attached hydrogen (secondary N) is 2. The van der Waals surface area contributed by atoms with Crippen molar-refractivity contribution in [3.8, 4) is 0 Å². The standard InChI is InChI=1S/C22H16BrF4N7O2/c23-12-1-2-18-29-8-17(34(18)9-12)21(36)33-4-3-15-13(10-33)19(32-31-15)20(35)30-7-16-14(24)5-11(6-28-16)22(25,26)27/h1-2,5-6,8-9H,3-4,7,10H2,(H,30,35)(H,31,32). The maximum atomic E-state index is 14.1. The summed E-state index contributed by atoms with van der Waals surface area (Å²) in [5.41, 5.74) is 0.582. The largest absolute Gasteiger partial charge is 0.417 e. The number of H-pyrrole nitrogens is 1. The Morgan fingerprint density at radius 3 is 2.75 bits per heavy atom. The van der Waals surface area contributed by atoms with Crippen molar-refractivity contribution in [3.63, 3.8) is 0 Å². The van der Waals surface area contributed by atoms with Gasteiger partial charge in [-0.15, -0.1) is 0 Å². The molecule has 9 nitrogen and oxygen atoms in total. The lowest BCUT2D eigenvalue weighted by Crippen LogP contribution is -2.37. The number of hydrogen-bond acceptors (Lipinski definition) is 5. The van der Waals surface area contributed by atoms with Crippen LogP contribution in [-0.2, 0) is 25.7 Å². The molecule has 0 aliphatic carbocycles. The third kappa shape index (κ3) is 4.43. The SMILES string of the molecule is O=C(NCc1ncc(C(F)(F)F)cc1F)c1n[nH]c2c1CN(C(=O)c1cnc3ccc(Br)cn13)CC2. The Morgan fingerprint density at radius 2 is 2.00 bits per heavy atom. The zero-order chi connectivity index (χ0) is 25.6. The Balaban J connectivity index is 1.31. The molecule has 1 aliphatic heterocycles. The molecule has 0 saturated heterocycles. The lowest BCUT2D eigenvalue weighted by Gasteiger charge is -2.26. The number of aromatic nitrogens is 5. The van der Waals surface area contributed by atoms with Gasteiger partial charge in [0.2, 0.25) is 0 Å². The van der Waals surface area contributed by atoms with Crippen molar-refractivity contribution in [3.05, 3.63) is 81.0 Å². The molecule has 4 aromatic heterocycles. The third-order valence-corrected chi connectivity index (χ3v) is 6.25. The lowest BCUT2D eigenvalue weighted by atomic mass is 10.0. The number of alkyl halides is 3. The minimum Gasteiger partial charge on any atom is -0.345 e. The van der Waals surface area contributed by atoms with Crippen molar-refractivity contribution in [2.45, 2.75) is 25.7 Å². The fraction of sp³-hybridized carbons (Fsp3) is 0.227. The van der Waals surface area contributed by atoms with Gasteiger partial charge in [0.15, 0.2) is 5.69 Å². The highest BCUT2D eigenvalue weighted by molar-refractivity contribution is 9.10. The second-order valence-corrected chi connectivity index (χ2v) is 8.97. The maximum Gasteiger partial charge on any atom is 0.417 e. The van der Waals surface area contributed by atoms with Crippen LogP contribution in [0.5, 0.6) is 0 Å². The van der Waals surface area contributed by atoms with Crippen LogP contribution in [0.25, 0.3) is 5.65 Å². The van der Waals surface area contributed by atoms with Crippen molar-refractivity contribution in [1.29, 1.82) is 0 Å². The first-order chi connectivity index (χ1) is 17.1. The molecule has 5 heterocycles. The van der Waals surface area contributed by atoms with Gasteiger partial charge in [0, 0.05) is 41.1 Å². The molecule has 36 heavy (non-hydrogen) atoms. The van der Waals surface area contributed by atoms with E-state index in [2.05, 4.69) is 41.4 Å². The Bertz CT molecular complexity index is 1500. The van der Waals surface area contributed by atoms with E-state index in [4.69, 9.17) is 0 Å². The Hall–Kier alpha value is -3.81. The monoisotopic (exact) mass is 565 g/mol. The van der Waals surface area contributed by atoms with E-state index in [0.717, 1.165) is 4.47 Å². The van der Waals surface area contributed by atoms with Crippen LogP contribution in [0.3, 0.4) is 0 Å². The third-order valence-electron chi connectivity index (χ3n) is 5.79. The highest BCUT2D eigenvalue weighted by Gasteiger charge is 2.32. The summed E-state index contributed by atoms with van der Waals surface area (Å²) in [7, 11) is 0. The first kappa shape index (κ1) is 23.9. The van der Waals surface area contributed by atoms with Crippen LogP contribution in [0.15, 0.2) is 41.3 Å². The number of aromatic amines is 1. The quantitative estimate of drug-likeness (QED) is 0.368. The van der Waals surface area contributed by atoms with E-state index in [1.807, 2.05) is 6.07 Å². The van der Waals surface area contributed by atoms with Crippen LogP contribution >= 0.6 is 15.9 Å². The Kier molecular flexibility index (Phi) is 5.98. The Morgan fingerprint density at radius 1 is 1.19 bits per heavy atom. The van der Waals surface area contributed by atoms with E-state index < -0.39 is 30.0 Å². The molecule has 0 saturated carbocycles. The highest BCUT2D eigenvalue weighted by atomic mass is 79.9. The zero-order valence-corrected chi connectivity index (χ0v) is 19.8. The van der Waals surface area contributed by atoms with Crippen LogP contribution in [-0.4, -0.2) is 47.8 Å². The first-order valence-electron chi connectivity index (χ1n) is 10.6. The van der Waals surface area contributed by atoms with Crippen molar-refractivity contribution in [2.75, 3.05) is 6.54 Å². The summed E-state index contributed by atoms with van der Waals surface area (Å²) < 4.78 is 54.6. The second kappa shape index (κ2) is 9.00. The molecule has 1 aliphatic rings. The fourth-order valence-electron chi connectivity index (χ4n) is 3.93. The van der Waals surface area contributed by atoms with Gasteiger partial charge in [-0.25, -0.2) is 9.37 Å². The molecule has 186 valence electrons. The predicted molar refractivity (Wildman–Crippen MR) is 120 cm³/mol. The van der Waals surface area contributed by atoms with Crippen molar-refractivity contribution in [1.82, 2.24) is 34.8 Å². The first-order valence-corrected chi connectivity index (χ1v) is 11.4.